The van der Waals surface area contributed by atoms with Crippen molar-refractivity contribution >= 4 is 34.3 Å². The maximum Gasteiger partial charge on any atom is 0.211 e. The predicted octanol–water partition coefficient (Wildman–Crippen LogP) is 1.84. The van der Waals surface area contributed by atoms with E-state index in [0.29, 0.717) is 34.2 Å². The molecule has 0 aromatic heterocycles. The topological polar surface area (TPSA) is 55.4 Å². The number of amides is 1. The van der Waals surface area contributed by atoms with Crippen LogP contribution in [0.15, 0.2) is 16.6 Å². The maximum atomic E-state index is 10.6. The Balaban J connectivity index is 3.23. The molecule has 1 amide bonds. The number of ether oxygens (including phenoxy) is 1. The third-order valence-corrected chi connectivity index (χ3v) is 2.29. The van der Waals surface area contributed by atoms with Gasteiger partial charge >= 0.3 is 0 Å². The van der Waals surface area contributed by atoms with Crippen molar-refractivity contribution in [1.29, 1.82) is 0 Å². The third-order valence-electron chi connectivity index (χ3n) is 1.67. The van der Waals surface area contributed by atoms with Crippen LogP contribution in [0, 0.1) is 0 Å². The van der Waals surface area contributed by atoms with E-state index in [2.05, 4.69) is 21.2 Å². The molecule has 0 aliphatic carbocycles. The molecular formula is C9H8BrNO3. The van der Waals surface area contributed by atoms with Gasteiger partial charge in [-0.3, -0.25) is 9.59 Å². The molecule has 0 radical (unpaired) electrons. The van der Waals surface area contributed by atoms with Crippen molar-refractivity contribution in [3.8, 4) is 5.75 Å². The lowest BCUT2D eigenvalue weighted by molar-refractivity contribution is -0.105. The molecule has 4 nitrogen and oxygen atoms in total. The van der Waals surface area contributed by atoms with Crippen molar-refractivity contribution in [3.63, 3.8) is 0 Å². The number of carbonyl (C=O) groups is 2. The highest BCUT2D eigenvalue weighted by molar-refractivity contribution is 9.10. The van der Waals surface area contributed by atoms with Crippen LogP contribution in [0.5, 0.6) is 5.75 Å². The first-order valence-corrected chi connectivity index (χ1v) is 4.55. The molecule has 74 valence electrons. The highest BCUT2D eigenvalue weighted by Gasteiger charge is 2.07. The summed E-state index contributed by atoms with van der Waals surface area (Å²) >= 11 is 3.23. The Morgan fingerprint density at radius 2 is 2.14 bits per heavy atom. The molecule has 1 aromatic carbocycles. The molecule has 0 unspecified atom stereocenters. The summed E-state index contributed by atoms with van der Waals surface area (Å²) in [5, 5.41) is 2.42. The lowest BCUT2D eigenvalue weighted by Crippen LogP contribution is -1.99. The number of hydrogen-bond acceptors (Lipinski definition) is 3. The van der Waals surface area contributed by atoms with Crippen molar-refractivity contribution in [2.75, 3.05) is 12.4 Å². The number of nitrogens with one attached hydrogen (secondary N) is 1. The van der Waals surface area contributed by atoms with Crippen LogP contribution in [0.4, 0.5) is 5.69 Å². The Hall–Kier alpha value is -1.36. The molecule has 0 aliphatic rings. The van der Waals surface area contributed by atoms with Crippen molar-refractivity contribution in [1.82, 2.24) is 0 Å². The summed E-state index contributed by atoms with van der Waals surface area (Å²) in [5.41, 5.74) is 0.819. The van der Waals surface area contributed by atoms with Crippen molar-refractivity contribution in [3.05, 3.63) is 22.2 Å². The average Bonchev–Trinajstić information content (AvgIpc) is 2.20. The van der Waals surface area contributed by atoms with E-state index in [1.165, 1.54) is 7.11 Å². The molecule has 5 heteroatoms. The minimum atomic E-state index is 0.393. The van der Waals surface area contributed by atoms with E-state index in [0.717, 1.165) is 0 Å². The molecule has 0 bridgehead atoms. The zero-order chi connectivity index (χ0) is 10.6. The largest absolute Gasteiger partial charge is 0.495 e. The number of benzene rings is 1. The summed E-state index contributed by atoms with van der Waals surface area (Å²) in [5.74, 6) is 0.556. The van der Waals surface area contributed by atoms with Crippen LogP contribution >= 0.6 is 15.9 Å². The minimum absolute atomic E-state index is 0.393. The molecule has 0 fully saturated rings. The van der Waals surface area contributed by atoms with Gasteiger partial charge in [-0.05, 0) is 22.0 Å². The predicted molar refractivity (Wildman–Crippen MR) is 55.8 cm³/mol. The Labute approximate surface area is 89.4 Å². The fourth-order valence-corrected chi connectivity index (χ4v) is 1.53. The Kier molecular flexibility index (Phi) is 3.64. The summed E-state index contributed by atoms with van der Waals surface area (Å²) in [6.45, 7) is 0. The van der Waals surface area contributed by atoms with Crippen LogP contribution in [0.3, 0.4) is 0 Å². The molecule has 0 saturated carbocycles. The molecule has 1 rings (SSSR count). The van der Waals surface area contributed by atoms with Gasteiger partial charge in [-0.1, -0.05) is 0 Å². The number of methoxy groups -OCH3 is 1. The van der Waals surface area contributed by atoms with Gasteiger partial charge in [0.1, 0.15) is 5.75 Å². The van der Waals surface area contributed by atoms with Gasteiger partial charge in [0.25, 0.3) is 0 Å². The number of aldehydes is 1. The van der Waals surface area contributed by atoms with Crippen LogP contribution in [0.25, 0.3) is 0 Å². The lowest BCUT2D eigenvalue weighted by atomic mass is 10.2. The molecule has 0 saturated heterocycles. The van der Waals surface area contributed by atoms with Gasteiger partial charge in [0.05, 0.1) is 17.3 Å². The fraction of sp³-hybridized carbons (Fsp3) is 0.111. The van der Waals surface area contributed by atoms with E-state index in [9.17, 15) is 9.59 Å². The normalized spacial score (nSPS) is 9.29. The van der Waals surface area contributed by atoms with Crippen molar-refractivity contribution in [2.24, 2.45) is 0 Å². The fourth-order valence-electron chi connectivity index (χ4n) is 1.01. The van der Waals surface area contributed by atoms with Crippen LogP contribution in [-0.2, 0) is 4.79 Å². The minimum Gasteiger partial charge on any atom is -0.495 e. The number of anilines is 1. The van der Waals surface area contributed by atoms with Gasteiger partial charge in [0.2, 0.25) is 6.41 Å². The molecular weight excluding hydrogens is 250 g/mol. The van der Waals surface area contributed by atoms with Crippen LogP contribution < -0.4 is 10.1 Å². The second-order valence-electron chi connectivity index (χ2n) is 2.45. The smallest absolute Gasteiger partial charge is 0.211 e. The molecule has 1 N–H and O–H groups in total. The highest BCUT2D eigenvalue weighted by atomic mass is 79.9. The van der Waals surface area contributed by atoms with Gasteiger partial charge in [-0.15, -0.1) is 0 Å². The monoisotopic (exact) mass is 257 g/mol. The average molecular weight is 258 g/mol. The van der Waals surface area contributed by atoms with Crippen molar-refractivity contribution < 1.29 is 14.3 Å². The Morgan fingerprint density at radius 3 is 2.64 bits per heavy atom. The molecule has 0 heterocycles. The van der Waals surface area contributed by atoms with Gasteiger partial charge in [0.15, 0.2) is 6.29 Å². The first-order chi connectivity index (χ1) is 6.72. The van der Waals surface area contributed by atoms with Gasteiger partial charge in [-0.25, -0.2) is 0 Å². The maximum absolute atomic E-state index is 10.6. The zero-order valence-corrected chi connectivity index (χ0v) is 9.00. The van der Waals surface area contributed by atoms with E-state index in [1.54, 1.807) is 12.1 Å². The second-order valence-corrected chi connectivity index (χ2v) is 3.31. The van der Waals surface area contributed by atoms with Gasteiger partial charge < -0.3 is 10.1 Å². The number of halogens is 1. The van der Waals surface area contributed by atoms with Crippen LogP contribution in [0.1, 0.15) is 10.4 Å². The summed E-state index contributed by atoms with van der Waals surface area (Å²) in [6, 6.07) is 3.15. The summed E-state index contributed by atoms with van der Waals surface area (Å²) in [7, 11) is 1.51. The summed E-state index contributed by atoms with van der Waals surface area (Å²) in [4.78, 5) is 20.9. The molecule has 1 aromatic rings. The van der Waals surface area contributed by atoms with Crippen LogP contribution in [-0.4, -0.2) is 19.8 Å². The number of carbonyl (C=O) groups excluding carboxylic acids is 2. The van der Waals surface area contributed by atoms with E-state index in [-0.39, 0.29) is 0 Å². The molecule has 0 atom stereocenters. The Bertz CT molecular complexity index is 365. The first kappa shape index (κ1) is 10.7. The number of rotatable bonds is 4. The van der Waals surface area contributed by atoms with E-state index < -0.39 is 0 Å². The highest BCUT2D eigenvalue weighted by Crippen LogP contribution is 2.30. The molecule has 0 aliphatic heterocycles. The summed E-state index contributed by atoms with van der Waals surface area (Å²) in [6.07, 6.45) is 1.17. The standard InChI is InChI=1S/C9H8BrNO3/c1-14-9-3-8(11-5-13)6(4-12)2-7(9)10/h2-5H,1H3,(H,11,13). The molecule has 0 spiro atoms. The zero-order valence-electron chi connectivity index (χ0n) is 7.41. The van der Waals surface area contributed by atoms with Crippen LogP contribution in [0.2, 0.25) is 0 Å². The second kappa shape index (κ2) is 4.76. The Morgan fingerprint density at radius 1 is 1.43 bits per heavy atom. The lowest BCUT2D eigenvalue weighted by Gasteiger charge is -2.08. The number of hydrogen-bond donors (Lipinski definition) is 1. The molecule has 14 heavy (non-hydrogen) atoms. The quantitative estimate of drug-likeness (QED) is 0.838. The van der Waals surface area contributed by atoms with Crippen molar-refractivity contribution in [2.45, 2.75) is 0 Å². The third kappa shape index (κ3) is 2.11. The SMILES string of the molecule is COc1cc(NC=O)c(C=O)cc1Br. The van der Waals surface area contributed by atoms with Gasteiger partial charge in [-0.2, -0.15) is 0 Å². The first-order valence-electron chi connectivity index (χ1n) is 3.75. The van der Waals surface area contributed by atoms with Gasteiger partial charge in [0, 0.05) is 11.6 Å². The van der Waals surface area contributed by atoms with E-state index in [4.69, 9.17) is 4.74 Å². The van der Waals surface area contributed by atoms with E-state index >= 15 is 0 Å². The van der Waals surface area contributed by atoms with E-state index in [1.807, 2.05) is 0 Å². The summed E-state index contributed by atoms with van der Waals surface area (Å²) < 4.78 is 5.68.